The van der Waals surface area contributed by atoms with Gasteiger partial charge >= 0.3 is 0 Å². The van der Waals surface area contributed by atoms with Crippen molar-refractivity contribution in [1.29, 1.82) is 0 Å². The van der Waals surface area contributed by atoms with Crippen LogP contribution in [0.15, 0.2) is 48.5 Å². The van der Waals surface area contributed by atoms with Gasteiger partial charge in [0, 0.05) is 12.8 Å². The highest BCUT2D eigenvalue weighted by Crippen LogP contribution is 2.66. The Morgan fingerprint density at radius 2 is 1.05 bits per heavy atom. The second kappa shape index (κ2) is 12.6. The van der Waals surface area contributed by atoms with Crippen molar-refractivity contribution < 1.29 is 28.4 Å². The molecule has 0 fully saturated rings. The van der Waals surface area contributed by atoms with Crippen LogP contribution >= 0.6 is 7.37 Å². The van der Waals surface area contributed by atoms with Crippen molar-refractivity contribution >= 4 is 7.37 Å². The van der Waals surface area contributed by atoms with E-state index in [1.165, 1.54) is 11.1 Å². The van der Waals surface area contributed by atoms with Crippen molar-refractivity contribution in [2.75, 3.05) is 13.2 Å². The Hall–Kier alpha value is -1.85. The Bertz CT molecular complexity index is 1060. The minimum atomic E-state index is -3.95. The molecular weight excluding hydrogens is 499 g/mol. The lowest BCUT2D eigenvalue weighted by atomic mass is 10.1. The van der Waals surface area contributed by atoms with Gasteiger partial charge in [0.05, 0.1) is 13.2 Å². The first kappa shape index (κ1) is 32.4. The van der Waals surface area contributed by atoms with Crippen LogP contribution in [0.25, 0.3) is 0 Å². The van der Waals surface area contributed by atoms with Crippen LogP contribution in [0.4, 0.5) is 0 Å². The summed E-state index contributed by atoms with van der Waals surface area (Å²) in [7, 11) is -3.95. The van der Waals surface area contributed by atoms with E-state index in [1.54, 1.807) is 20.8 Å². The van der Waals surface area contributed by atoms with Gasteiger partial charge in [0.15, 0.2) is 0 Å². The number of hydrogen-bond donors (Lipinski definition) is 1. The largest absolute Gasteiger partial charge is 0.488 e. The average Bonchev–Trinajstić information content (AvgIpc) is 2.81. The lowest BCUT2D eigenvalue weighted by Crippen LogP contribution is -2.41. The Labute approximate surface area is 230 Å². The Morgan fingerprint density at radius 3 is 1.42 bits per heavy atom. The van der Waals surface area contributed by atoms with E-state index in [0.717, 1.165) is 11.5 Å². The van der Waals surface area contributed by atoms with Crippen LogP contribution in [-0.4, -0.2) is 40.0 Å². The summed E-state index contributed by atoms with van der Waals surface area (Å²) in [5, 5.41) is -2.56. The van der Waals surface area contributed by atoms with Gasteiger partial charge in [-0.3, -0.25) is 4.57 Å². The SMILES string of the molecule is CCC(C)(OCCC(C)(C)Oc1ccc(C)cc1)P(=O)(O)C(C)(C)OCCC(C)(C)Oc1ccc(C)cc1. The molecule has 1 N–H and O–H groups in total. The molecular formula is C31H49O6P. The second-order valence-corrected chi connectivity index (χ2v) is 15.3. The molecule has 2 aromatic rings. The number of benzene rings is 2. The first-order valence-electron chi connectivity index (χ1n) is 13.5. The summed E-state index contributed by atoms with van der Waals surface area (Å²) < 4.78 is 38.4. The lowest BCUT2D eigenvalue weighted by molar-refractivity contribution is -0.0360. The van der Waals surface area contributed by atoms with E-state index in [9.17, 15) is 9.46 Å². The summed E-state index contributed by atoms with van der Waals surface area (Å²) in [4.78, 5) is 11.4. The first-order valence-corrected chi connectivity index (χ1v) is 15.2. The van der Waals surface area contributed by atoms with Gasteiger partial charge in [-0.15, -0.1) is 0 Å². The molecule has 0 aliphatic rings. The maximum Gasteiger partial charge on any atom is 0.261 e. The zero-order valence-electron chi connectivity index (χ0n) is 25.1. The van der Waals surface area contributed by atoms with Gasteiger partial charge in [-0.05, 0) is 93.0 Å². The van der Waals surface area contributed by atoms with Crippen molar-refractivity contribution in [2.45, 2.75) is 110 Å². The zero-order chi connectivity index (χ0) is 28.8. The topological polar surface area (TPSA) is 74.2 Å². The molecule has 2 atom stereocenters. The van der Waals surface area contributed by atoms with Crippen LogP contribution in [0.2, 0.25) is 0 Å². The highest BCUT2D eigenvalue weighted by Gasteiger charge is 2.54. The van der Waals surface area contributed by atoms with Gasteiger partial charge in [0.1, 0.15) is 33.4 Å². The van der Waals surface area contributed by atoms with Crippen LogP contribution in [0.3, 0.4) is 0 Å². The highest BCUT2D eigenvalue weighted by molar-refractivity contribution is 7.60. The number of ether oxygens (including phenoxy) is 4. The fraction of sp³-hybridized carbons (Fsp3) is 0.613. The fourth-order valence-corrected chi connectivity index (χ4v) is 6.18. The molecule has 0 saturated carbocycles. The van der Waals surface area contributed by atoms with Crippen LogP contribution in [0.1, 0.15) is 85.8 Å². The molecule has 2 unspecified atom stereocenters. The molecule has 2 aromatic carbocycles. The van der Waals surface area contributed by atoms with Crippen LogP contribution < -0.4 is 9.47 Å². The minimum absolute atomic E-state index is 0.271. The summed E-state index contributed by atoms with van der Waals surface area (Å²) in [6, 6.07) is 15.8. The van der Waals surface area contributed by atoms with E-state index < -0.39 is 29.3 Å². The van der Waals surface area contributed by atoms with Crippen LogP contribution in [0.5, 0.6) is 11.5 Å². The van der Waals surface area contributed by atoms with E-state index in [4.69, 9.17) is 18.9 Å². The van der Waals surface area contributed by atoms with Gasteiger partial charge in [0.25, 0.3) is 7.37 Å². The molecule has 7 heteroatoms. The quantitative estimate of drug-likeness (QED) is 0.226. The number of rotatable bonds is 15. The summed E-state index contributed by atoms with van der Waals surface area (Å²) >= 11 is 0. The lowest BCUT2D eigenvalue weighted by Gasteiger charge is -2.42. The number of hydrogen-bond acceptors (Lipinski definition) is 5. The van der Waals surface area contributed by atoms with Gasteiger partial charge < -0.3 is 23.8 Å². The van der Waals surface area contributed by atoms with Crippen molar-refractivity contribution in [3.8, 4) is 11.5 Å². The highest BCUT2D eigenvalue weighted by atomic mass is 31.2. The summed E-state index contributed by atoms with van der Waals surface area (Å²) in [5.41, 5.74) is 1.34. The molecule has 0 radical (unpaired) electrons. The molecule has 2 rings (SSSR count). The van der Waals surface area contributed by atoms with E-state index in [1.807, 2.05) is 97.0 Å². The van der Waals surface area contributed by atoms with Crippen molar-refractivity contribution in [2.24, 2.45) is 0 Å². The van der Waals surface area contributed by atoms with Crippen LogP contribution in [0, 0.1) is 13.8 Å². The molecule has 0 aliphatic carbocycles. The smallest absolute Gasteiger partial charge is 0.261 e. The molecule has 0 heterocycles. The fourth-order valence-electron chi connectivity index (χ4n) is 4.08. The number of aryl methyl sites for hydroxylation is 2. The molecule has 0 spiro atoms. The van der Waals surface area contributed by atoms with Gasteiger partial charge in [-0.2, -0.15) is 0 Å². The zero-order valence-corrected chi connectivity index (χ0v) is 26.0. The third kappa shape index (κ3) is 8.84. The first-order chi connectivity index (χ1) is 17.4. The molecule has 0 aliphatic heterocycles. The van der Waals surface area contributed by atoms with Gasteiger partial charge in [-0.25, -0.2) is 0 Å². The van der Waals surface area contributed by atoms with E-state index in [2.05, 4.69) is 0 Å². The van der Waals surface area contributed by atoms with Gasteiger partial charge in [0.2, 0.25) is 0 Å². The monoisotopic (exact) mass is 548 g/mol. The molecule has 0 aromatic heterocycles. The standard InChI is InChI=1S/C31H49O6P/c1-11-31(10,35-23-21-29(6,7)37-27-18-14-25(3)15-19-27)38(32,33)30(8,9)34-22-20-28(4,5)36-26-16-12-24(2)13-17-26/h12-19H,11,20-23H2,1-10H3,(H,32,33). The molecule has 6 nitrogen and oxygen atoms in total. The van der Waals surface area contributed by atoms with Gasteiger partial charge in [-0.1, -0.05) is 42.3 Å². The van der Waals surface area contributed by atoms with E-state index in [-0.39, 0.29) is 13.2 Å². The molecule has 0 amide bonds. The average molecular weight is 549 g/mol. The molecule has 214 valence electrons. The summed E-state index contributed by atoms with van der Waals surface area (Å²) in [6.07, 6.45) is 1.48. The second-order valence-electron chi connectivity index (χ2n) is 12.1. The van der Waals surface area contributed by atoms with Crippen molar-refractivity contribution in [3.63, 3.8) is 0 Å². The van der Waals surface area contributed by atoms with Crippen molar-refractivity contribution in [1.82, 2.24) is 0 Å². The molecule has 38 heavy (non-hydrogen) atoms. The third-order valence-electron chi connectivity index (χ3n) is 7.13. The minimum Gasteiger partial charge on any atom is -0.488 e. The summed E-state index contributed by atoms with van der Waals surface area (Å²) in [6.45, 7) is 19.5. The molecule has 0 saturated heterocycles. The normalized spacial score (nSPS) is 16.0. The predicted molar refractivity (Wildman–Crippen MR) is 156 cm³/mol. The maximum atomic E-state index is 13.9. The van der Waals surface area contributed by atoms with E-state index in [0.29, 0.717) is 19.3 Å². The predicted octanol–water partition coefficient (Wildman–Crippen LogP) is 8.26. The third-order valence-corrected chi connectivity index (χ3v) is 10.5. The Morgan fingerprint density at radius 1 is 0.684 bits per heavy atom. The van der Waals surface area contributed by atoms with Crippen molar-refractivity contribution in [3.05, 3.63) is 59.7 Å². The maximum absolute atomic E-state index is 13.9. The molecule has 0 bridgehead atoms. The Balaban J connectivity index is 1.96. The van der Waals surface area contributed by atoms with Crippen LogP contribution in [-0.2, 0) is 14.0 Å². The Kier molecular flexibility index (Phi) is 10.7. The van der Waals surface area contributed by atoms with E-state index >= 15 is 0 Å². The summed E-state index contributed by atoms with van der Waals surface area (Å²) in [5.74, 6) is 1.57.